The molecule has 0 bridgehead atoms. The minimum absolute atomic E-state index is 0.0223. The highest BCUT2D eigenvalue weighted by atomic mass is 16.5. The number of anilines is 1. The van der Waals surface area contributed by atoms with Crippen LogP contribution in [0.15, 0.2) is 18.2 Å². The Labute approximate surface area is 141 Å². The maximum absolute atomic E-state index is 12.3. The lowest BCUT2D eigenvalue weighted by Gasteiger charge is -2.35. The van der Waals surface area contributed by atoms with E-state index < -0.39 is 0 Å². The van der Waals surface area contributed by atoms with Gasteiger partial charge in [0.1, 0.15) is 5.75 Å². The molecular formula is C17H23N3O4. The molecule has 130 valence electrons. The molecule has 7 nitrogen and oxygen atoms in total. The van der Waals surface area contributed by atoms with Crippen LogP contribution in [-0.4, -0.2) is 61.7 Å². The highest BCUT2D eigenvalue weighted by Gasteiger charge is 2.22. The predicted octanol–water partition coefficient (Wildman–Crippen LogP) is 0.856. The zero-order valence-corrected chi connectivity index (χ0v) is 14.0. The third-order valence-electron chi connectivity index (χ3n) is 4.09. The molecule has 1 fully saturated rings. The first kappa shape index (κ1) is 16.7. The first-order chi connectivity index (χ1) is 11.5. The van der Waals surface area contributed by atoms with Gasteiger partial charge in [0, 0.05) is 31.7 Å². The monoisotopic (exact) mass is 333 g/mol. The van der Waals surface area contributed by atoms with Crippen LogP contribution in [0.4, 0.5) is 5.69 Å². The number of carbonyl (C=O) groups is 2. The van der Waals surface area contributed by atoms with Crippen molar-refractivity contribution in [3.63, 3.8) is 0 Å². The smallest absolute Gasteiger partial charge is 0.262 e. The van der Waals surface area contributed by atoms with Crippen molar-refractivity contribution >= 4 is 17.5 Å². The van der Waals surface area contributed by atoms with Crippen LogP contribution in [0, 0.1) is 0 Å². The molecule has 1 saturated heterocycles. The van der Waals surface area contributed by atoms with Gasteiger partial charge in [-0.15, -0.1) is 0 Å². The summed E-state index contributed by atoms with van der Waals surface area (Å²) in [5, 5.41) is 5.63. The maximum atomic E-state index is 12.3. The Hall–Kier alpha value is -2.12. The molecule has 7 heteroatoms. The lowest BCUT2D eigenvalue weighted by Crippen LogP contribution is -2.47. The molecule has 3 rings (SSSR count). The van der Waals surface area contributed by atoms with Gasteiger partial charge in [-0.3, -0.25) is 14.5 Å². The third kappa shape index (κ3) is 4.04. The molecule has 0 aromatic heterocycles. The van der Waals surface area contributed by atoms with Gasteiger partial charge in [-0.05, 0) is 32.0 Å². The van der Waals surface area contributed by atoms with Crippen molar-refractivity contribution < 1.29 is 19.1 Å². The molecule has 24 heavy (non-hydrogen) atoms. The van der Waals surface area contributed by atoms with Crippen LogP contribution < -0.4 is 15.4 Å². The van der Waals surface area contributed by atoms with Gasteiger partial charge in [0.25, 0.3) is 11.8 Å². The zero-order valence-electron chi connectivity index (χ0n) is 14.0. The van der Waals surface area contributed by atoms with Crippen molar-refractivity contribution in [2.75, 3.05) is 38.1 Å². The summed E-state index contributed by atoms with van der Waals surface area (Å²) in [4.78, 5) is 25.8. The Morgan fingerprint density at radius 2 is 2.08 bits per heavy atom. The van der Waals surface area contributed by atoms with Crippen LogP contribution >= 0.6 is 0 Å². The second kappa shape index (κ2) is 7.19. The van der Waals surface area contributed by atoms with Gasteiger partial charge in [-0.1, -0.05) is 0 Å². The average Bonchev–Trinajstić information content (AvgIpc) is 2.53. The Balaban J connectivity index is 1.51. The molecule has 0 aliphatic carbocycles. The van der Waals surface area contributed by atoms with Crippen LogP contribution in [-0.2, 0) is 9.53 Å². The number of amides is 2. The van der Waals surface area contributed by atoms with Crippen LogP contribution in [0.5, 0.6) is 5.75 Å². The van der Waals surface area contributed by atoms with E-state index in [2.05, 4.69) is 29.4 Å². The largest absolute Gasteiger partial charge is 0.482 e. The summed E-state index contributed by atoms with van der Waals surface area (Å²) >= 11 is 0. The van der Waals surface area contributed by atoms with Crippen molar-refractivity contribution in [1.29, 1.82) is 0 Å². The SMILES string of the molecule is C[C@H]1CN(CCNC(=O)c2ccc3c(c2)OCC(=O)N3)C[C@H](C)O1. The molecule has 2 N–H and O–H groups in total. The number of nitrogens with one attached hydrogen (secondary N) is 2. The quantitative estimate of drug-likeness (QED) is 0.854. The third-order valence-corrected chi connectivity index (χ3v) is 4.09. The number of carbonyl (C=O) groups excluding carboxylic acids is 2. The topological polar surface area (TPSA) is 79.9 Å². The number of rotatable bonds is 4. The van der Waals surface area contributed by atoms with E-state index in [1.165, 1.54) is 0 Å². The van der Waals surface area contributed by atoms with Gasteiger partial charge in [-0.2, -0.15) is 0 Å². The van der Waals surface area contributed by atoms with Gasteiger partial charge in [-0.25, -0.2) is 0 Å². The van der Waals surface area contributed by atoms with E-state index in [-0.39, 0.29) is 30.6 Å². The number of nitrogens with zero attached hydrogens (tertiary/aromatic N) is 1. The van der Waals surface area contributed by atoms with Crippen LogP contribution in [0.25, 0.3) is 0 Å². The summed E-state index contributed by atoms with van der Waals surface area (Å²) in [5.41, 5.74) is 1.12. The molecule has 2 atom stereocenters. The highest BCUT2D eigenvalue weighted by molar-refractivity contribution is 5.98. The molecule has 1 aromatic carbocycles. The van der Waals surface area contributed by atoms with Crippen molar-refractivity contribution in [2.45, 2.75) is 26.1 Å². The predicted molar refractivity (Wildman–Crippen MR) is 89.3 cm³/mol. The molecule has 0 radical (unpaired) electrons. The molecular weight excluding hydrogens is 310 g/mol. The lowest BCUT2D eigenvalue weighted by atomic mass is 10.1. The van der Waals surface area contributed by atoms with Crippen molar-refractivity contribution in [3.05, 3.63) is 23.8 Å². The maximum Gasteiger partial charge on any atom is 0.262 e. The first-order valence-electron chi connectivity index (χ1n) is 8.24. The van der Waals surface area contributed by atoms with E-state index in [1.54, 1.807) is 18.2 Å². The van der Waals surface area contributed by atoms with Crippen molar-refractivity contribution in [1.82, 2.24) is 10.2 Å². The average molecular weight is 333 g/mol. The molecule has 1 aromatic rings. The van der Waals surface area contributed by atoms with E-state index in [4.69, 9.17) is 9.47 Å². The number of fused-ring (bicyclic) bond motifs is 1. The van der Waals surface area contributed by atoms with Gasteiger partial charge in [0.15, 0.2) is 6.61 Å². The first-order valence-corrected chi connectivity index (χ1v) is 8.24. The normalized spacial score (nSPS) is 23.8. The summed E-state index contributed by atoms with van der Waals surface area (Å²) < 4.78 is 11.0. The zero-order chi connectivity index (χ0) is 17.1. The molecule has 2 amide bonds. The summed E-state index contributed by atoms with van der Waals surface area (Å²) in [5.74, 6) is 0.194. The Morgan fingerprint density at radius 3 is 2.83 bits per heavy atom. The molecule has 0 unspecified atom stereocenters. The van der Waals surface area contributed by atoms with Crippen LogP contribution in [0.1, 0.15) is 24.2 Å². The summed E-state index contributed by atoms with van der Waals surface area (Å²) in [6.07, 6.45) is 0.440. The van der Waals surface area contributed by atoms with E-state index in [0.29, 0.717) is 23.5 Å². The van der Waals surface area contributed by atoms with Crippen LogP contribution in [0.2, 0.25) is 0 Å². The second-order valence-electron chi connectivity index (χ2n) is 6.32. The fourth-order valence-corrected chi connectivity index (χ4v) is 3.11. The Kier molecular flexibility index (Phi) is 5.01. The molecule has 2 heterocycles. The fourth-order valence-electron chi connectivity index (χ4n) is 3.11. The molecule has 0 spiro atoms. The van der Waals surface area contributed by atoms with Crippen molar-refractivity contribution in [3.8, 4) is 5.75 Å². The van der Waals surface area contributed by atoms with Gasteiger partial charge in [0.05, 0.1) is 17.9 Å². The van der Waals surface area contributed by atoms with Gasteiger partial charge in [0.2, 0.25) is 0 Å². The fraction of sp³-hybridized carbons (Fsp3) is 0.529. The minimum Gasteiger partial charge on any atom is -0.482 e. The van der Waals surface area contributed by atoms with Crippen molar-refractivity contribution in [2.24, 2.45) is 0 Å². The molecule has 0 saturated carbocycles. The van der Waals surface area contributed by atoms with Crippen LogP contribution in [0.3, 0.4) is 0 Å². The van der Waals surface area contributed by atoms with E-state index in [1.807, 2.05) is 0 Å². The standard InChI is InChI=1S/C17H23N3O4/c1-11-8-20(9-12(2)24-11)6-5-18-17(22)13-3-4-14-15(7-13)23-10-16(21)19-14/h3-4,7,11-12H,5-6,8-10H2,1-2H3,(H,18,22)(H,19,21)/t11-,12-/m0/s1. The number of hydrogen-bond donors (Lipinski definition) is 2. The summed E-state index contributed by atoms with van der Waals surface area (Å²) in [6, 6.07) is 5.03. The lowest BCUT2D eigenvalue weighted by molar-refractivity contribution is -0.118. The summed E-state index contributed by atoms with van der Waals surface area (Å²) in [7, 11) is 0. The van der Waals surface area contributed by atoms with E-state index >= 15 is 0 Å². The van der Waals surface area contributed by atoms with Gasteiger partial charge >= 0.3 is 0 Å². The Bertz CT molecular complexity index is 624. The molecule has 2 aliphatic rings. The minimum atomic E-state index is -0.186. The number of hydrogen-bond acceptors (Lipinski definition) is 5. The second-order valence-corrected chi connectivity index (χ2v) is 6.32. The number of ether oxygens (including phenoxy) is 2. The Morgan fingerprint density at radius 1 is 1.33 bits per heavy atom. The highest BCUT2D eigenvalue weighted by Crippen LogP contribution is 2.28. The van der Waals surface area contributed by atoms with Gasteiger partial charge < -0.3 is 20.1 Å². The van der Waals surface area contributed by atoms with E-state index in [0.717, 1.165) is 19.6 Å². The molecule has 2 aliphatic heterocycles. The summed E-state index contributed by atoms with van der Waals surface area (Å²) in [6.45, 7) is 7.24. The van der Waals surface area contributed by atoms with E-state index in [9.17, 15) is 9.59 Å². The number of morpholine rings is 1. The number of benzene rings is 1.